The van der Waals surface area contributed by atoms with E-state index in [1.54, 1.807) is 17.8 Å². The van der Waals surface area contributed by atoms with Crippen molar-refractivity contribution in [2.24, 2.45) is 0 Å². The number of aromatic nitrogens is 2. The van der Waals surface area contributed by atoms with Gasteiger partial charge in [-0.3, -0.25) is 10.1 Å². The van der Waals surface area contributed by atoms with Crippen LogP contribution in [0.4, 0.5) is 5.13 Å². The van der Waals surface area contributed by atoms with Crippen molar-refractivity contribution in [3.63, 3.8) is 0 Å². The second-order valence-electron chi connectivity index (χ2n) is 3.54. The summed E-state index contributed by atoms with van der Waals surface area (Å²) >= 11 is 2.99. The molecule has 0 aliphatic heterocycles. The highest BCUT2D eigenvalue weighted by molar-refractivity contribution is 8.01. The smallest absolute Gasteiger partial charge is 0.250 e. The number of hydrogen-bond acceptors (Lipinski definition) is 5. The van der Waals surface area contributed by atoms with Gasteiger partial charge in [-0.05, 0) is 17.4 Å². The number of anilines is 1. The summed E-state index contributed by atoms with van der Waals surface area (Å²) in [4.78, 5) is 11.7. The van der Waals surface area contributed by atoms with Gasteiger partial charge in [0.05, 0.1) is 0 Å². The molecule has 4 nitrogen and oxygen atoms in total. The van der Waals surface area contributed by atoms with Gasteiger partial charge in [-0.2, -0.15) is 0 Å². The van der Waals surface area contributed by atoms with E-state index in [9.17, 15) is 4.79 Å². The molecule has 19 heavy (non-hydrogen) atoms. The first-order chi connectivity index (χ1) is 9.28. The van der Waals surface area contributed by atoms with E-state index in [1.807, 2.05) is 37.3 Å². The first-order valence-electron chi connectivity index (χ1n) is 5.78. The summed E-state index contributed by atoms with van der Waals surface area (Å²) in [6, 6.07) is 9.66. The molecule has 1 aromatic carbocycles. The van der Waals surface area contributed by atoms with E-state index in [4.69, 9.17) is 0 Å². The zero-order valence-corrected chi connectivity index (χ0v) is 12.0. The van der Waals surface area contributed by atoms with Crippen LogP contribution in [-0.4, -0.2) is 21.9 Å². The summed E-state index contributed by atoms with van der Waals surface area (Å²) in [6.07, 6.45) is 3.25. The third-order valence-corrected chi connectivity index (χ3v) is 3.99. The quantitative estimate of drug-likeness (QED) is 0.522. The second-order valence-corrected chi connectivity index (χ2v) is 6.03. The summed E-state index contributed by atoms with van der Waals surface area (Å²) in [5.41, 5.74) is 0.983. The predicted molar refractivity (Wildman–Crippen MR) is 80.4 cm³/mol. The summed E-state index contributed by atoms with van der Waals surface area (Å²) in [6.45, 7) is 2.05. The fraction of sp³-hybridized carbons (Fsp3) is 0.154. The molecule has 0 bridgehead atoms. The van der Waals surface area contributed by atoms with Gasteiger partial charge in [0.2, 0.25) is 11.0 Å². The Labute approximate surface area is 120 Å². The monoisotopic (exact) mass is 291 g/mol. The van der Waals surface area contributed by atoms with Gasteiger partial charge >= 0.3 is 0 Å². The number of nitrogens with one attached hydrogen (secondary N) is 1. The molecule has 0 saturated carbocycles. The molecule has 1 N–H and O–H groups in total. The molecule has 0 radical (unpaired) electrons. The highest BCUT2D eigenvalue weighted by Gasteiger charge is 2.05. The Hall–Kier alpha value is -1.66. The maximum Gasteiger partial charge on any atom is 0.250 e. The Kier molecular flexibility index (Phi) is 5.11. The Morgan fingerprint density at radius 2 is 2.16 bits per heavy atom. The third kappa shape index (κ3) is 4.50. The largest absolute Gasteiger partial charge is 0.297 e. The van der Waals surface area contributed by atoms with Crippen molar-refractivity contribution in [3.05, 3.63) is 42.0 Å². The highest BCUT2D eigenvalue weighted by Crippen LogP contribution is 2.24. The minimum absolute atomic E-state index is 0.201. The van der Waals surface area contributed by atoms with Gasteiger partial charge in [-0.25, -0.2) is 0 Å². The van der Waals surface area contributed by atoms with Crippen molar-refractivity contribution < 1.29 is 4.79 Å². The molecule has 98 valence electrons. The number of hydrogen-bond donors (Lipinski definition) is 1. The molecular formula is C13H13N3OS2. The minimum Gasteiger partial charge on any atom is -0.297 e. The van der Waals surface area contributed by atoms with E-state index in [2.05, 4.69) is 15.5 Å². The average Bonchev–Trinajstić information content (AvgIpc) is 2.85. The normalized spacial score (nSPS) is 10.8. The van der Waals surface area contributed by atoms with Gasteiger partial charge in [0.1, 0.15) is 0 Å². The number of thioether (sulfide) groups is 1. The van der Waals surface area contributed by atoms with Gasteiger partial charge < -0.3 is 0 Å². The first kappa shape index (κ1) is 13.8. The first-order valence-corrected chi connectivity index (χ1v) is 7.58. The van der Waals surface area contributed by atoms with E-state index in [-0.39, 0.29) is 5.91 Å². The van der Waals surface area contributed by atoms with Gasteiger partial charge in [0.15, 0.2) is 4.34 Å². The Morgan fingerprint density at radius 3 is 2.89 bits per heavy atom. The third-order valence-electron chi connectivity index (χ3n) is 2.13. The number of carbonyl (C=O) groups excluding carboxylic acids is 1. The zero-order valence-electron chi connectivity index (χ0n) is 10.4. The molecular weight excluding hydrogens is 278 g/mol. The molecule has 2 aromatic rings. The Morgan fingerprint density at radius 1 is 1.37 bits per heavy atom. The fourth-order valence-corrected chi connectivity index (χ4v) is 2.98. The van der Waals surface area contributed by atoms with Crippen LogP contribution in [-0.2, 0) is 4.79 Å². The molecule has 1 amide bonds. The minimum atomic E-state index is -0.201. The van der Waals surface area contributed by atoms with E-state index in [0.717, 1.165) is 15.7 Å². The lowest BCUT2D eigenvalue weighted by molar-refractivity contribution is -0.111. The van der Waals surface area contributed by atoms with Crippen molar-refractivity contribution >= 4 is 40.2 Å². The molecule has 0 unspecified atom stereocenters. The molecule has 2 rings (SSSR count). The molecule has 0 atom stereocenters. The predicted octanol–water partition coefficient (Wildman–Crippen LogP) is 3.30. The van der Waals surface area contributed by atoms with Crippen LogP contribution in [0.1, 0.15) is 12.5 Å². The van der Waals surface area contributed by atoms with Crippen LogP contribution in [0.5, 0.6) is 0 Å². The van der Waals surface area contributed by atoms with Crippen molar-refractivity contribution in [3.8, 4) is 0 Å². The number of benzene rings is 1. The van der Waals surface area contributed by atoms with E-state index in [1.165, 1.54) is 17.4 Å². The van der Waals surface area contributed by atoms with Crippen molar-refractivity contribution in [2.75, 3.05) is 11.1 Å². The molecule has 1 heterocycles. The molecule has 0 aliphatic rings. The molecule has 0 fully saturated rings. The Bertz CT molecular complexity index is 566. The number of rotatable bonds is 5. The lowest BCUT2D eigenvalue weighted by Crippen LogP contribution is -2.07. The number of amides is 1. The van der Waals surface area contributed by atoms with Crippen LogP contribution < -0.4 is 5.32 Å². The molecule has 0 aliphatic carbocycles. The van der Waals surface area contributed by atoms with Crippen LogP contribution in [0.3, 0.4) is 0 Å². The summed E-state index contributed by atoms with van der Waals surface area (Å²) in [5.74, 6) is 0.740. The van der Waals surface area contributed by atoms with Crippen LogP contribution in [0.2, 0.25) is 0 Å². The summed E-state index contributed by atoms with van der Waals surface area (Å²) < 4.78 is 0.866. The SMILES string of the molecule is CCSc1nnc(NC(=O)C=Cc2ccccc2)s1. The van der Waals surface area contributed by atoms with Gasteiger partial charge in [0, 0.05) is 6.08 Å². The lowest BCUT2D eigenvalue weighted by Gasteiger charge is -1.94. The van der Waals surface area contributed by atoms with Crippen molar-refractivity contribution in [2.45, 2.75) is 11.3 Å². The summed E-state index contributed by atoms with van der Waals surface area (Å²) in [5, 5.41) is 11.1. The molecule has 1 aromatic heterocycles. The van der Waals surface area contributed by atoms with E-state index < -0.39 is 0 Å². The molecule has 6 heteroatoms. The van der Waals surface area contributed by atoms with Crippen LogP contribution in [0.15, 0.2) is 40.7 Å². The molecule has 0 spiro atoms. The number of carbonyl (C=O) groups is 1. The standard InChI is InChI=1S/C13H13N3OS2/c1-2-18-13-16-15-12(19-13)14-11(17)9-8-10-6-4-3-5-7-10/h3-9H,2H2,1H3,(H,14,15,17). The van der Waals surface area contributed by atoms with Crippen LogP contribution >= 0.6 is 23.1 Å². The highest BCUT2D eigenvalue weighted by atomic mass is 32.2. The van der Waals surface area contributed by atoms with Gasteiger partial charge in [-0.15, -0.1) is 10.2 Å². The zero-order chi connectivity index (χ0) is 13.5. The van der Waals surface area contributed by atoms with E-state index in [0.29, 0.717) is 5.13 Å². The van der Waals surface area contributed by atoms with E-state index >= 15 is 0 Å². The average molecular weight is 291 g/mol. The van der Waals surface area contributed by atoms with Crippen molar-refractivity contribution in [1.29, 1.82) is 0 Å². The Balaban J connectivity index is 1.92. The topological polar surface area (TPSA) is 54.9 Å². The maximum atomic E-state index is 11.7. The summed E-state index contributed by atoms with van der Waals surface area (Å²) in [7, 11) is 0. The maximum absolute atomic E-state index is 11.7. The van der Waals surface area contributed by atoms with Gasteiger partial charge in [0.25, 0.3) is 0 Å². The second kappa shape index (κ2) is 7.06. The lowest BCUT2D eigenvalue weighted by atomic mass is 10.2. The number of nitrogens with zero attached hydrogens (tertiary/aromatic N) is 2. The fourth-order valence-electron chi connectivity index (χ4n) is 1.33. The van der Waals surface area contributed by atoms with Crippen LogP contribution in [0.25, 0.3) is 6.08 Å². The molecule has 0 saturated heterocycles. The van der Waals surface area contributed by atoms with Crippen LogP contribution in [0, 0.1) is 0 Å². The van der Waals surface area contributed by atoms with Crippen molar-refractivity contribution in [1.82, 2.24) is 10.2 Å². The van der Waals surface area contributed by atoms with Gasteiger partial charge in [-0.1, -0.05) is 60.4 Å².